The van der Waals surface area contributed by atoms with Crippen molar-refractivity contribution in [2.75, 3.05) is 44.4 Å². The molecule has 5 heteroatoms. The average molecular weight is 277 g/mol. The number of ether oxygens (including phenoxy) is 4. The van der Waals surface area contributed by atoms with Gasteiger partial charge in [0.2, 0.25) is 0 Å². The molecule has 108 valence electrons. The molecular formula is C15H19NO4. The van der Waals surface area contributed by atoms with E-state index in [-0.39, 0.29) is 0 Å². The van der Waals surface area contributed by atoms with Crippen LogP contribution in [0.2, 0.25) is 0 Å². The van der Waals surface area contributed by atoms with Crippen molar-refractivity contribution in [2.45, 2.75) is 18.3 Å². The Labute approximate surface area is 118 Å². The minimum atomic E-state index is 0.296. The standard InChI is InChI=1S/C15H19NO4/c1-3-12(17-9-15-10-20-15)4-2-11(1)16(5-13-7-18-13)6-14-8-19-14/h1-4,13-15H,5-10H2/t13-,14+,15-/m0/s1. The third-order valence-electron chi connectivity index (χ3n) is 3.69. The molecule has 0 N–H and O–H groups in total. The van der Waals surface area contributed by atoms with Gasteiger partial charge in [0.25, 0.3) is 0 Å². The summed E-state index contributed by atoms with van der Waals surface area (Å²) in [6.45, 7) is 5.12. The summed E-state index contributed by atoms with van der Waals surface area (Å²) >= 11 is 0. The van der Waals surface area contributed by atoms with Gasteiger partial charge in [-0.15, -0.1) is 0 Å². The number of anilines is 1. The van der Waals surface area contributed by atoms with Crippen LogP contribution in [-0.4, -0.2) is 57.8 Å². The molecule has 3 aliphatic heterocycles. The fourth-order valence-corrected chi connectivity index (χ4v) is 2.23. The van der Waals surface area contributed by atoms with Crippen molar-refractivity contribution in [1.29, 1.82) is 0 Å². The maximum absolute atomic E-state index is 5.66. The molecule has 3 atom stereocenters. The Morgan fingerprint density at radius 2 is 1.45 bits per heavy atom. The third kappa shape index (κ3) is 3.42. The first-order valence-electron chi connectivity index (χ1n) is 7.19. The van der Waals surface area contributed by atoms with Crippen LogP contribution in [0, 0.1) is 0 Å². The predicted molar refractivity (Wildman–Crippen MR) is 73.4 cm³/mol. The third-order valence-corrected chi connectivity index (χ3v) is 3.69. The van der Waals surface area contributed by atoms with E-state index in [1.165, 1.54) is 5.69 Å². The molecule has 1 aromatic rings. The van der Waals surface area contributed by atoms with Gasteiger partial charge < -0.3 is 23.8 Å². The largest absolute Gasteiger partial charge is 0.491 e. The van der Waals surface area contributed by atoms with E-state index in [1.54, 1.807) is 0 Å². The molecule has 1 aromatic carbocycles. The van der Waals surface area contributed by atoms with E-state index in [0.717, 1.165) is 38.7 Å². The molecule has 0 amide bonds. The van der Waals surface area contributed by atoms with Crippen LogP contribution >= 0.6 is 0 Å². The summed E-state index contributed by atoms with van der Waals surface area (Å²) < 4.78 is 21.5. The van der Waals surface area contributed by atoms with E-state index in [4.69, 9.17) is 18.9 Å². The molecule has 0 spiro atoms. The summed E-state index contributed by atoms with van der Waals surface area (Å²) in [6.07, 6.45) is 1.07. The normalized spacial score (nSPS) is 29.9. The monoisotopic (exact) mass is 277 g/mol. The molecule has 0 radical (unpaired) electrons. The van der Waals surface area contributed by atoms with Crippen LogP contribution in [0.25, 0.3) is 0 Å². The lowest BCUT2D eigenvalue weighted by atomic mass is 10.2. The number of hydrogen-bond acceptors (Lipinski definition) is 5. The fourth-order valence-electron chi connectivity index (χ4n) is 2.23. The van der Waals surface area contributed by atoms with Crippen LogP contribution < -0.4 is 9.64 Å². The van der Waals surface area contributed by atoms with E-state index in [1.807, 2.05) is 12.1 Å². The van der Waals surface area contributed by atoms with Gasteiger partial charge in [-0.05, 0) is 24.3 Å². The quantitative estimate of drug-likeness (QED) is 0.665. The Bertz CT molecular complexity index is 437. The zero-order valence-corrected chi connectivity index (χ0v) is 11.4. The van der Waals surface area contributed by atoms with Gasteiger partial charge in [0.15, 0.2) is 0 Å². The summed E-state index contributed by atoms with van der Waals surface area (Å²) in [5, 5.41) is 0. The smallest absolute Gasteiger partial charge is 0.119 e. The lowest BCUT2D eigenvalue weighted by Crippen LogP contribution is -2.31. The van der Waals surface area contributed by atoms with Crippen molar-refractivity contribution >= 4 is 5.69 Å². The predicted octanol–water partition coefficient (Wildman–Crippen LogP) is 1.07. The maximum Gasteiger partial charge on any atom is 0.119 e. The first-order chi connectivity index (χ1) is 9.87. The molecule has 3 aliphatic rings. The summed E-state index contributed by atoms with van der Waals surface area (Å²) in [4.78, 5) is 2.34. The minimum absolute atomic E-state index is 0.296. The molecule has 3 heterocycles. The van der Waals surface area contributed by atoms with Gasteiger partial charge in [-0.2, -0.15) is 0 Å². The molecule has 5 nitrogen and oxygen atoms in total. The molecule has 20 heavy (non-hydrogen) atoms. The molecule has 0 aromatic heterocycles. The van der Waals surface area contributed by atoms with Crippen LogP contribution in [0.15, 0.2) is 24.3 Å². The molecular weight excluding hydrogens is 258 g/mol. The second-order valence-electron chi connectivity index (χ2n) is 5.58. The summed E-state index contributed by atoms with van der Waals surface area (Å²) in [6, 6.07) is 8.25. The average Bonchev–Trinajstić information content (AvgIpc) is 3.32. The van der Waals surface area contributed by atoms with Gasteiger partial charge in [0, 0.05) is 18.8 Å². The molecule has 0 saturated carbocycles. The van der Waals surface area contributed by atoms with Gasteiger partial charge in [-0.25, -0.2) is 0 Å². The van der Waals surface area contributed by atoms with Crippen molar-refractivity contribution in [3.63, 3.8) is 0 Å². The van der Waals surface area contributed by atoms with E-state index < -0.39 is 0 Å². The van der Waals surface area contributed by atoms with Gasteiger partial charge in [-0.3, -0.25) is 0 Å². The molecule has 3 fully saturated rings. The number of benzene rings is 1. The van der Waals surface area contributed by atoms with Gasteiger partial charge in [-0.1, -0.05) is 0 Å². The molecule has 4 rings (SSSR count). The highest BCUT2D eigenvalue weighted by Gasteiger charge is 2.30. The van der Waals surface area contributed by atoms with Gasteiger partial charge in [0.1, 0.15) is 18.5 Å². The lowest BCUT2D eigenvalue weighted by molar-refractivity contribution is 0.263. The van der Waals surface area contributed by atoms with E-state index in [9.17, 15) is 0 Å². The van der Waals surface area contributed by atoms with Crippen molar-refractivity contribution in [1.82, 2.24) is 0 Å². The Kier molecular flexibility index (Phi) is 3.26. The fraction of sp³-hybridized carbons (Fsp3) is 0.600. The van der Waals surface area contributed by atoms with Gasteiger partial charge in [0.05, 0.1) is 32.0 Å². The maximum atomic E-state index is 5.66. The van der Waals surface area contributed by atoms with Gasteiger partial charge >= 0.3 is 0 Å². The van der Waals surface area contributed by atoms with E-state index in [2.05, 4.69) is 17.0 Å². The zero-order valence-electron chi connectivity index (χ0n) is 11.4. The van der Waals surface area contributed by atoms with E-state index >= 15 is 0 Å². The van der Waals surface area contributed by atoms with Crippen molar-refractivity contribution in [3.05, 3.63) is 24.3 Å². The minimum Gasteiger partial charge on any atom is -0.491 e. The summed E-state index contributed by atoms with van der Waals surface area (Å²) in [5.41, 5.74) is 1.20. The number of rotatable bonds is 8. The topological polar surface area (TPSA) is 50.1 Å². The van der Waals surface area contributed by atoms with Crippen LogP contribution in [0.4, 0.5) is 5.69 Å². The Morgan fingerprint density at radius 3 is 1.95 bits per heavy atom. The Morgan fingerprint density at radius 1 is 0.900 bits per heavy atom. The second-order valence-corrected chi connectivity index (χ2v) is 5.58. The highest BCUT2D eigenvalue weighted by Crippen LogP contribution is 2.25. The zero-order chi connectivity index (χ0) is 13.4. The SMILES string of the molecule is c1cc(N(C[C@H]2CO2)C[C@@H]2CO2)ccc1OC[C@H]1CO1. The van der Waals surface area contributed by atoms with Crippen LogP contribution in [0.3, 0.4) is 0 Å². The first kappa shape index (κ1) is 12.4. The number of nitrogens with zero attached hydrogens (tertiary/aromatic N) is 1. The van der Waals surface area contributed by atoms with Crippen LogP contribution in [-0.2, 0) is 14.2 Å². The highest BCUT2D eigenvalue weighted by atomic mass is 16.6. The molecule has 0 unspecified atom stereocenters. The number of epoxide rings is 3. The van der Waals surface area contributed by atoms with E-state index in [0.29, 0.717) is 24.9 Å². The lowest BCUT2D eigenvalue weighted by Gasteiger charge is -2.23. The number of hydrogen-bond donors (Lipinski definition) is 0. The Hall–Kier alpha value is -1.30. The second kappa shape index (κ2) is 5.24. The summed E-state index contributed by atoms with van der Waals surface area (Å²) in [7, 11) is 0. The van der Waals surface area contributed by atoms with Crippen molar-refractivity contribution < 1.29 is 18.9 Å². The first-order valence-corrected chi connectivity index (χ1v) is 7.19. The van der Waals surface area contributed by atoms with Crippen molar-refractivity contribution in [3.8, 4) is 5.75 Å². The van der Waals surface area contributed by atoms with Crippen LogP contribution in [0.5, 0.6) is 5.75 Å². The highest BCUT2D eigenvalue weighted by molar-refractivity contribution is 5.49. The van der Waals surface area contributed by atoms with Crippen LogP contribution in [0.1, 0.15) is 0 Å². The van der Waals surface area contributed by atoms with Crippen molar-refractivity contribution in [2.24, 2.45) is 0 Å². The Balaban J connectivity index is 1.38. The molecule has 0 aliphatic carbocycles. The summed E-state index contributed by atoms with van der Waals surface area (Å²) in [5.74, 6) is 0.898. The molecule has 3 saturated heterocycles. The molecule has 0 bridgehead atoms.